The summed E-state index contributed by atoms with van der Waals surface area (Å²) in [6.07, 6.45) is 1.59. The lowest BCUT2D eigenvalue weighted by Crippen LogP contribution is -2.53. The summed E-state index contributed by atoms with van der Waals surface area (Å²) in [4.78, 5) is 42.3. The maximum Gasteiger partial charge on any atom is 0.250 e. The Kier molecular flexibility index (Phi) is 6.07. The summed E-state index contributed by atoms with van der Waals surface area (Å²) < 4.78 is 6.64. The van der Waals surface area contributed by atoms with Crippen molar-refractivity contribution in [3.63, 3.8) is 0 Å². The molecule has 0 aromatic heterocycles. The van der Waals surface area contributed by atoms with E-state index in [1.165, 1.54) is 4.90 Å². The van der Waals surface area contributed by atoms with Crippen LogP contribution in [0.3, 0.4) is 0 Å². The summed E-state index contributed by atoms with van der Waals surface area (Å²) in [7, 11) is 0. The van der Waals surface area contributed by atoms with Crippen molar-refractivity contribution < 1.29 is 24.2 Å². The predicted octanol–water partition coefficient (Wildman–Crippen LogP) is 3.06. The standard InChI is InChI=1S/C26H28ClN3O5/c1-2-25-12-13-26(35-25)20(19(25)22(32)28-17-6-4-3-5-7-17)24(34)30(14-15-31)21(26)23(33)29-18-10-8-16(27)9-11-18/h3-11,19-21,31H,2,12-15H2,1H3,(H,28,32)(H,29,33)/t19-,20+,21?,25+,26?/m1/s1. The number of nitrogens with zero attached hydrogens (tertiary/aromatic N) is 1. The SMILES string of the molecule is CC[C@@]12CCC3(O1)C(C(=O)Nc1ccc(Cl)cc1)N(CCO)C(=O)[C@@H]3[C@@H]2C(=O)Nc1ccccc1. The van der Waals surface area contributed by atoms with Gasteiger partial charge in [0.15, 0.2) is 0 Å². The van der Waals surface area contributed by atoms with Gasteiger partial charge in [0.2, 0.25) is 17.7 Å². The van der Waals surface area contributed by atoms with E-state index >= 15 is 0 Å². The van der Waals surface area contributed by atoms with E-state index in [1.807, 2.05) is 25.1 Å². The summed E-state index contributed by atoms with van der Waals surface area (Å²) in [6.45, 7) is 1.62. The van der Waals surface area contributed by atoms with E-state index in [2.05, 4.69) is 10.6 Å². The quantitative estimate of drug-likeness (QED) is 0.545. The van der Waals surface area contributed by atoms with Gasteiger partial charge in [-0.15, -0.1) is 0 Å². The first-order valence-corrected chi connectivity index (χ1v) is 12.3. The van der Waals surface area contributed by atoms with Crippen LogP contribution in [-0.2, 0) is 19.1 Å². The van der Waals surface area contributed by atoms with Crippen LogP contribution in [0.15, 0.2) is 54.6 Å². The van der Waals surface area contributed by atoms with E-state index in [1.54, 1.807) is 36.4 Å². The second-order valence-electron chi connectivity index (χ2n) is 9.44. The predicted molar refractivity (Wildman–Crippen MR) is 131 cm³/mol. The van der Waals surface area contributed by atoms with Crippen molar-refractivity contribution in [1.82, 2.24) is 4.90 Å². The molecule has 2 aromatic carbocycles. The molecule has 3 aliphatic rings. The number of aliphatic hydroxyl groups is 1. The molecule has 5 rings (SSSR count). The van der Waals surface area contributed by atoms with Crippen molar-refractivity contribution in [1.29, 1.82) is 0 Å². The molecule has 2 unspecified atom stereocenters. The average Bonchev–Trinajstić information content (AvgIpc) is 3.45. The van der Waals surface area contributed by atoms with Gasteiger partial charge < -0.3 is 25.4 Å². The molecule has 35 heavy (non-hydrogen) atoms. The van der Waals surface area contributed by atoms with Crippen LogP contribution in [0.25, 0.3) is 0 Å². The lowest BCUT2D eigenvalue weighted by atomic mass is 9.65. The van der Waals surface area contributed by atoms with Crippen LogP contribution in [0.2, 0.25) is 5.02 Å². The maximum absolute atomic E-state index is 13.8. The molecule has 184 valence electrons. The zero-order chi connectivity index (χ0) is 24.8. The first-order chi connectivity index (χ1) is 16.8. The van der Waals surface area contributed by atoms with Crippen molar-refractivity contribution in [2.45, 2.75) is 43.4 Å². The molecule has 3 aliphatic heterocycles. The minimum atomic E-state index is -1.14. The largest absolute Gasteiger partial charge is 0.395 e. The van der Waals surface area contributed by atoms with E-state index in [-0.39, 0.29) is 25.0 Å². The number of fused-ring (bicyclic) bond motifs is 1. The molecule has 3 saturated heterocycles. The lowest BCUT2D eigenvalue weighted by Gasteiger charge is -2.33. The number of aliphatic hydroxyl groups excluding tert-OH is 1. The number of para-hydroxylation sites is 1. The molecule has 3 fully saturated rings. The van der Waals surface area contributed by atoms with Crippen LogP contribution in [0, 0.1) is 11.8 Å². The number of anilines is 2. The van der Waals surface area contributed by atoms with Crippen LogP contribution in [0.4, 0.5) is 11.4 Å². The van der Waals surface area contributed by atoms with Crippen LogP contribution >= 0.6 is 11.6 Å². The van der Waals surface area contributed by atoms with Gasteiger partial charge in [0.05, 0.1) is 24.0 Å². The molecule has 0 radical (unpaired) electrons. The molecular formula is C26H28ClN3O5. The third-order valence-electron chi connectivity index (χ3n) is 7.71. The van der Waals surface area contributed by atoms with E-state index < -0.39 is 35.0 Å². The fourth-order valence-electron chi connectivity index (χ4n) is 6.25. The number of amides is 3. The van der Waals surface area contributed by atoms with Gasteiger partial charge in [-0.25, -0.2) is 0 Å². The maximum atomic E-state index is 13.8. The van der Waals surface area contributed by atoms with Crippen LogP contribution in [-0.4, -0.2) is 58.1 Å². The highest BCUT2D eigenvalue weighted by Gasteiger charge is 2.78. The Morgan fingerprint density at radius 1 is 1.06 bits per heavy atom. The highest BCUT2D eigenvalue weighted by atomic mass is 35.5. The Morgan fingerprint density at radius 2 is 1.71 bits per heavy atom. The lowest BCUT2D eigenvalue weighted by molar-refractivity contribution is -0.144. The summed E-state index contributed by atoms with van der Waals surface area (Å²) in [5, 5.41) is 16.1. The monoisotopic (exact) mass is 497 g/mol. The molecule has 9 heteroatoms. The Hall–Kier alpha value is -2.94. The van der Waals surface area contributed by atoms with Crippen LogP contribution in [0.5, 0.6) is 0 Å². The van der Waals surface area contributed by atoms with Crippen molar-refractivity contribution in [3.8, 4) is 0 Å². The molecule has 2 aromatic rings. The van der Waals surface area contributed by atoms with Crippen molar-refractivity contribution in [2.75, 3.05) is 23.8 Å². The molecule has 3 amide bonds. The number of rotatable bonds is 7. The highest BCUT2D eigenvalue weighted by molar-refractivity contribution is 6.30. The number of likely N-dealkylation sites (tertiary alicyclic amines) is 1. The first-order valence-electron chi connectivity index (χ1n) is 11.9. The van der Waals surface area contributed by atoms with Gasteiger partial charge in [-0.1, -0.05) is 36.7 Å². The topological polar surface area (TPSA) is 108 Å². The molecule has 0 aliphatic carbocycles. The summed E-state index contributed by atoms with van der Waals surface area (Å²) in [6, 6.07) is 14.8. The van der Waals surface area contributed by atoms with Gasteiger partial charge >= 0.3 is 0 Å². The average molecular weight is 498 g/mol. The second-order valence-corrected chi connectivity index (χ2v) is 9.88. The fraction of sp³-hybridized carbons (Fsp3) is 0.423. The molecule has 8 nitrogen and oxygen atoms in total. The summed E-state index contributed by atoms with van der Waals surface area (Å²) >= 11 is 5.97. The van der Waals surface area contributed by atoms with Crippen molar-refractivity contribution in [3.05, 3.63) is 59.6 Å². The number of carbonyl (C=O) groups is 3. The summed E-state index contributed by atoms with van der Waals surface area (Å²) in [5.41, 5.74) is -0.803. The third-order valence-corrected chi connectivity index (χ3v) is 7.96. The molecule has 3 N–H and O–H groups in total. The number of hydrogen-bond acceptors (Lipinski definition) is 5. The minimum Gasteiger partial charge on any atom is -0.395 e. The number of ether oxygens (including phenoxy) is 1. The van der Waals surface area contributed by atoms with Crippen LogP contribution in [0.1, 0.15) is 26.2 Å². The molecule has 2 bridgehead atoms. The second kappa shape index (κ2) is 8.93. The number of hydrogen-bond donors (Lipinski definition) is 3. The smallest absolute Gasteiger partial charge is 0.250 e. The van der Waals surface area contributed by atoms with E-state index in [9.17, 15) is 19.5 Å². The highest BCUT2D eigenvalue weighted by Crippen LogP contribution is 2.64. The summed E-state index contributed by atoms with van der Waals surface area (Å²) in [5.74, 6) is -2.59. The minimum absolute atomic E-state index is 0.0225. The van der Waals surface area contributed by atoms with Crippen molar-refractivity contribution >= 4 is 40.7 Å². The van der Waals surface area contributed by atoms with Crippen molar-refractivity contribution in [2.24, 2.45) is 11.8 Å². The Labute approximate surface area is 208 Å². The molecule has 5 atom stereocenters. The Balaban J connectivity index is 1.51. The van der Waals surface area contributed by atoms with Gasteiger partial charge in [0, 0.05) is 22.9 Å². The molecule has 1 spiro atoms. The van der Waals surface area contributed by atoms with Gasteiger partial charge in [-0.3, -0.25) is 14.4 Å². The van der Waals surface area contributed by atoms with Gasteiger partial charge in [-0.2, -0.15) is 0 Å². The first kappa shape index (κ1) is 23.8. The van der Waals surface area contributed by atoms with Crippen LogP contribution < -0.4 is 10.6 Å². The number of benzene rings is 2. The zero-order valence-electron chi connectivity index (χ0n) is 19.4. The Bertz CT molecular complexity index is 1140. The normalized spacial score (nSPS) is 30.9. The van der Waals surface area contributed by atoms with Gasteiger partial charge in [0.1, 0.15) is 11.6 Å². The van der Waals surface area contributed by atoms with E-state index in [0.717, 1.165) is 0 Å². The number of nitrogens with one attached hydrogen (secondary N) is 2. The fourth-order valence-corrected chi connectivity index (χ4v) is 6.38. The number of β-amino-alcohol motifs (C(OH)–C–C–N with tert-alkyl or cyclic N) is 1. The number of carbonyl (C=O) groups excluding carboxylic acids is 3. The Morgan fingerprint density at radius 3 is 2.37 bits per heavy atom. The van der Waals surface area contributed by atoms with Gasteiger partial charge in [0.25, 0.3) is 0 Å². The zero-order valence-corrected chi connectivity index (χ0v) is 20.1. The molecule has 3 heterocycles. The van der Waals surface area contributed by atoms with Gasteiger partial charge in [-0.05, 0) is 55.7 Å². The molecule has 0 saturated carbocycles. The molecular weight excluding hydrogens is 470 g/mol. The van der Waals surface area contributed by atoms with E-state index in [0.29, 0.717) is 35.7 Å². The third kappa shape index (κ3) is 3.71. The number of halogens is 1. The van der Waals surface area contributed by atoms with E-state index in [4.69, 9.17) is 16.3 Å².